The average molecular weight is 343 g/mol. The average Bonchev–Trinajstić information content (AvgIpc) is 3.00. The number of hydrogen-bond acceptors (Lipinski definition) is 5. The molecule has 0 N–H and O–H groups in total. The van der Waals surface area contributed by atoms with Crippen LogP contribution >= 0.6 is 11.3 Å². The highest BCUT2D eigenvalue weighted by atomic mass is 32.1. The van der Waals surface area contributed by atoms with Crippen molar-refractivity contribution in [2.75, 3.05) is 24.5 Å². The Hall–Kier alpha value is -1.46. The van der Waals surface area contributed by atoms with Crippen LogP contribution in [0.15, 0.2) is 17.6 Å². The van der Waals surface area contributed by atoms with Gasteiger partial charge >= 0.3 is 0 Å². The molecular formula is C19H26N4S. The van der Waals surface area contributed by atoms with Crippen molar-refractivity contribution < 1.29 is 0 Å². The summed E-state index contributed by atoms with van der Waals surface area (Å²) in [6, 6.07) is 2.22. The van der Waals surface area contributed by atoms with Crippen LogP contribution in [0.5, 0.6) is 0 Å². The van der Waals surface area contributed by atoms with E-state index in [0.29, 0.717) is 0 Å². The summed E-state index contributed by atoms with van der Waals surface area (Å²) in [6.07, 6.45) is 5.63. The van der Waals surface area contributed by atoms with Crippen LogP contribution < -0.4 is 4.90 Å². The van der Waals surface area contributed by atoms with E-state index < -0.39 is 0 Å². The Labute approximate surface area is 148 Å². The first-order valence-corrected chi connectivity index (χ1v) is 9.92. The van der Waals surface area contributed by atoms with Crippen LogP contribution in [0.4, 0.5) is 5.95 Å². The van der Waals surface area contributed by atoms with Crippen LogP contribution in [-0.4, -0.2) is 34.5 Å². The molecule has 0 atom stereocenters. The summed E-state index contributed by atoms with van der Waals surface area (Å²) in [5.41, 5.74) is 3.99. The van der Waals surface area contributed by atoms with E-state index in [4.69, 9.17) is 4.98 Å². The van der Waals surface area contributed by atoms with Gasteiger partial charge in [-0.15, -0.1) is 11.3 Å². The molecule has 0 bridgehead atoms. The molecule has 2 aliphatic rings. The minimum absolute atomic E-state index is 0.841. The van der Waals surface area contributed by atoms with Crippen molar-refractivity contribution in [1.82, 2.24) is 14.9 Å². The number of thiophene rings is 1. The lowest BCUT2D eigenvalue weighted by Crippen LogP contribution is -2.35. The number of fused-ring (bicyclic) bond motifs is 1. The number of rotatable bonds is 3. The highest BCUT2D eigenvalue weighted by molar-refractivity contribution is 7.10. The first kappa shape index (κ1) is 16.0. The molecule has 0 amide bonds. The molecule has 2 aromatic rings. The molecule has 0 unspecified atom stereocenters. The summed E-state index contributed by atoms with van der Waals surface area (Å²) in [5, 5.41) is 2.19. The highest BCUT2D eigenvalue weighted by Crippen LogP contribution is 2.25. The smallest absolute Gasteiger partial charge is 0.225 e. The van der Waals surface area contributed by atoms with E-state index in [2.05, 4.69) is 46.3 Å². The summed E-state index contributed by atoms with van der Waals surface area (Å²) in [5.74, 6) is 1.79. The SMILES string of the molecule is Cc1ccsc1CN1CCc2nc(N3CCC(C)CC3)ncc2C1. The van der Waals surface area contributed by atoms with Crippen LogP contribution in [0.1, 0.15) is 41.5 Å². The van der Waals surface area contributed by atoms with E-state index in [1.165, 1.54) is 34.5 Å². The van der Waals surface area contributed by atoms with Crippen molar-refractivity contribution in [3.63, 3.8) is 0 Å². The van der Waals surface area contributed by atoms with Gasteiger partial charge in [-0.3, -0.25) is 4.90 Å². The lowest BCUT2D eigenvalue weighted by molar-refractivity contribution is 0.244. The zero-order valence-electron chi connectivity index (χ0n) is 14.7. The fourth-order valence-corrected chi connectivity index (χ4v) is 4.58. The van der Waals surface area contributed by atoms with Crippen molar-refractivity contribution in [1.29, 1.82) is 0 Å². The van der Waals surface area contributed by atoms with Gasteiger partial charge in [0, 0.05) is 55.8 Å². The molecule has 0 aromatic carbocycles. The van der Waals surface area contributed by atoms with Crippen LogP contribution in [-0.2, 0) is 19.5 Å². The van der Waals surface area contributed by atoms with Crippen molar-refractivity contribution >= 4 is 17.3 Å². The number of anilines is 1. The lowest BCUT2D eigenvalue weighted by atomic mass is 9.99. The molecule has 4 nitrogen and oxygen atoms in total. The van der Waals surface area contributed by atoms with E-state index in [-0.39, 0.29) is 0 Å². The monoisotopic (exact) mass is 342 g/mol. The maximum atomic E-state index is 4.90. The topological polar surface area (TPSA) is 32.3 Å². The van der Waals surface area contributed by atoms with E-state index >= 15 is 0 Å². The summed E-state index contributed by atoms with van der Waals surface area (Å²) < 4.78 is 0. The summed E-state index contributed by atoms with van der Waals surface area (Å²) in [6.45, 7) is 9.87. The fraction of sp³-hybridized carbons (Fsp3) is 0.579. The first-order valence-electron chi connectivity index (χ1n) is 9.04. The Balaban J connectivity index is 1.44. The zero-order valence-corrected chi connectivity index (χ0v) is 15.5. The largest absolute Gasteiger partial charge is 0.341 e. The molecule has 2 aromatic heterocycles. The maximum absolute atomic E-state index is 4.90. The summed E-state index contributed by atoms with van der Waals surface area (Å²) >= 11 is 1.87. The van der Waals surface area contributed by atoms with Crippen molar-refractivity contribution in [3.05, 3.63) is 39.3 Å². The quantitative estimate of drug-likeness (QED) is 0.852. The second kappa shape index (κ2) is 6.81. The normalized spacial score (nSPS) is 19.5. The minimum Gasteiger partial charge on any atom is -0.341 e. The molecule has 0 aliphatic carbocycles. The standard InChI is InChI=1S/C19H26N4S/c1-14-3-8-23(9-4-14)19-20-11-16-12-22(7-5-17(16)21-19)13-18-15(2)6-10-24-18/h6,10-11,14H,3-5,7-9,12-13H2,1-2H3. The number of piperidine rings is 1. The van der Waals surface area contributed by atoms with Crippen molar-refractivity contribution in [3.8, 4) is 0 Å². The third-order valence-corrected chi connectivity index (χ3v) is 6.41. The van der Waals surface area contributed by atoms with Gasteiger partial charge in [-0.2, -0.15) is 0 Å². The van der Waals surface area contributed by atoms with Gasteiger partial charge in [-0.25, -0.2) is 9.97 Å². The molecule has 24 heavy (non-hydrogen) atoms. The third-order valence-electron chi connectivity index (χ3n) is 5.40. The molecule has 1 fully saturated rings. The molecule has 128 valence electrons. The molecule has 5 heteroatoms. The Morgan fingerprint density at radius 1 is 1.25 bits per heavy atom. The predicted octanol–water partition coefficient (Wildman–Crippen LogP) is 3.64. The van der Waals surface area contributed by atoms with E-state index in [1.807, 2.05) is 11.3 Å². The number of aromatic nitrogens is 2. The van der Waals surface area contributed by atoms with Crippen LogP contribution in [0.3, 0.4) is 0 Å². The Kier molecular flexibility index (Phi) is 4.55. The van der Waals surface area contributed by atoms with Gasteiger partial charge in [0.15, 0.2) is 0 Å². The van der Waals surface area contributed by atoms with Gasteiger partial charge in [0.1, 0.15) is 0 Å². The Morgan fingerprint density at radius 2 is 2.08 bits per heavy atom. The van der Waals surface area contributed by atoms with Gasteiger partial charge in [0.05, 0.1) is 5.69 Å². The van der Waals surface area contributed by atoms with Gasteiger partial charge in [0.25, 0.3) is 0 Å². The number of aryl methyl sites for hydroxylation is 1. The number of nitrogens with zero attached hydrogens (tertiary/aromatic N) is 4. The summed E-state index contributed by atoms with van der Waals surface area (Å²) in [4.78, 5) is 16.0. The van der Waals surface area contributed by atoms with Crippen LogP contribution in [0.25, 0.3) is 0 Å². The molecule has 1 saturated heterocycles. The predicted molar refractivity (Wildman–Crippen MR) is 99.5 cm³/mol. The second-order valence-corrected chi connectivity index (χ2v) is 8.30. The molecular weight excluding hydrogens is 316 g/mol. The van der Waals surface area contributed by atoms with Gasteiger partial charge in [0.2, 0.25) is 5.95 Å². The van der Waals surface area contributed by atoms with E-state index in [9.17, 15) is 0 Å². The van der Waals surface area contributed by atoms with Crippen LogP contribution in [0, 0.1) is 12.8 Å². The molecule has 0 spiro atoms. The fourth-order valence-electron chi connectivity index (χ4n) is 3.63. The molecule has 0 saturated carbocycles. The first-order chi connectivity index (χ1) is 11.7. The second-order valence-electron chi connectivity index (χ2n) is 7.30. The Morgan fingerprint density at radius 3 is 2.83 bits per heavy atom. The molecule has 4 heterocycles. The number of hydrogen-bond donors (Lipinski definition) is 0. The zero-order chi connectivity index (χ0) is 16.5. The van der Waals surface area contributed by atoms with Crippen molar-refractivity contribution in [2.45, 2.75) is 46.2 Å². The lowest BCUT2D eigenvalue weighted by Gasteiger charge is -2.32. The van der Waals surface area contributed by atoms with E-state index in [1.54, 1.807) is 0 Å². The van der Waals surface area contributed by atoms with Crippen molar-refractivity contribution in [2.24, 2.45) is 5.92 Å². The van der Waals surface area contributed by atoms with Crippen LogP contribution in [0.2, 0.25) is 0 Å². The van der Waals surface area contributed by atoms with E-state index in [0.717, 1.165) is 51.0 Å². The molecule has 0 radical (unpaired) electrons. The minimum atomic E-state index is 0.841. The van der Waals surface area contributed by atoms with Gasteiger partial charge in [-0.05, 0) is 42.7 Å². The summed E-state index contributed by atoms with van der Waals surface area (Å²) in [7, 11) is 0. The van der Waals surface area contributed by atoms with Gasteiger partial charge in [-0.1, -0.05) is 6.92 Å². The Bertz CT molecular complexity index is 703. The van der Waals surface area contributed by atoms with Gasteiger partial charge < -0.3 is 4.90 Å². The maximum Gasteiger partial charge on any atom is 0.225 e. The molecule has 4 rings (SSSR count). The third kappa shape index (κ3) is 3.33. The molecule has 2 aliphatic heterocycles. The highest BCUT2D eigenvalue weighted by Gasteiger charge is 2.22.